The van der Waals surface area contributed by atoms with Gasteiger partial charge in [-0.3, -0.25) is 19.3 Å². The smallest absolute Gasteiger partial charge is 0.272 e. The molecule has 0 aliphatic rings. The highest BCUT2D eigenvalue weighted by atomic mass is 32.1. The number of benzene rings is 1. The molecule has 0 spiro atoms. The van der Waals surface area contributed by atoms with E-state index in [4.69, 9.17) is 16.2 Å². The van der Waals surface area contributed by atoms with Gasteiger partial charge in [0, 0.05) is 11.2 Å². The molecule has 1 heterocycles. The van der Waals surface area contributed by atoms with Crippen LogP contribution >= 0.6 is 11.5 Å². The molecule has 1 aromatic heterocycles. The molecule has 0 unspecified atom stereocenters. The lowest BCUT2D eigenvalue weighted by Gasteiger charge is -2.32. The molecule has 0 saturated carbocycles. The average molecular weight is 476 g/mol. The highest BCUT2D eigenvalue weighted by molar-refractivity contribution is 7.09. The Labute approximate surface area is 198 Å². The van der Waals surface area contributed by atoms with Gasteiger partial charge in [-0.25, -0.2) is 0 Å². The zero-order valence-electron chi connectivity index (χ0n) is 19.8. The highest BCUT2D eigenvalue weighted by Crippen LogP contribution is 2.29. The number of carbonyl (C=O) groups excluding carboxylic acids is 3. The van der Waals surface area contributed by atoms with E-state index in [0.717, 1.165) is 24.4 Å². The number of nitrogens with two attached hydrogens (primary N) is 2. The molecule has 5 N–H and O–H groups in total. The molecule has 1 atom stereocenters. The molecule has 1 aromatic carbocycles. The Morgan fingerprint density at radius 3 is 2.30 bits per heavy atom. The molecule has 3 amide bonds. The summed E-state index contributed by atoms with van der Waals surface area (Å²) < 4.78 is 9.64. The third-order valence-electron chi connectivity index (χ3n) is 4.76. The molecule has 33 heavy (non-hydrogen) atoms. The van der Waals surface area contributed by atoms with Crippen LogP contribution < -0.4 is 26.4 Å². The number of nitrogens with zero attached hydrogens (tertiary/aromatic N) is 2. The van der Waals surface area contributed by atoms with Crippen LogP contribution in [0.5, 0.6) is 5.75 Å². The molecule has 0 aliphatic heterocycles. The van der Waals surface area contributed by atoms with Gasteiger partial charge in [0.25, 0.3) is 11.8 Å². The van der Waals surface area contributed by atoms with Crippen LogP contribution in [-0.4, -0.2) is 40.3 Å². The van der Waals surface area contributed by atoms with Gasteiger partial charge in [-0.15, -0.1) is 0 Å². The fourth-order valence-electron chi connectivity index (χ4n) is 3.15. The first-order valence-electron chi connectivity index (χ1n) is 10.9. The summed E-state index contributed by atoms with van der Waals surface area (Å²) in [6.45, 7) is 10.1. The van der Waals surface area contributed by atoms with E-state index in [0.29, 0.717) is 24.5 Å². The summed E-state index contributed by atoms with van der Waals surface area (Å²) in [4.78, 5) is 39.8. The summed E-state index contributed by atoms with van der Waals surface area (Å²) in [5, 5.41) is 2.94. The van der Waals surface area contributed by atoms with Crippen molar-refractivity contribution in [1.29, 1.82) is 0 Å². The predicted molar refractivity (Wildman–Crippen MR) is 131 cm³/mol. The minimum atomic E-state index is -0.819. The zero-order valence-corrected chi connectivity index (χ0v) is 20.6. The van der Waals surface area contributed by atoms with Crippen molar-refractivity contribution < 1.29 is 19.1 Å². The number of nitrogen functional groups attached to an aromatic ring is 1. The minimum absolute atomic E-state index is 0.0501. The Morgan fingerprint density at radius 2 is 1.82 bits per heavy atom. The molecule has 2 rings (SSSR count). The predicted octanol–water partition coefficient (Wildman–Crippen LogP) is 3.34. The van der Waals surface area contributed by atoms with E-state index in [1.165, 1.54) is 4.90 Å². The average Bonchev–Trinajstić information content (AvgIpc) is 3.12. The van der Waals surface area contributed by atoms with Crippen molar-refractivity contribution in [1.82, 2.24) is 9.69 Å². The molecule has 180 valence electrons. The summed E-state index contributed by atoms with van der Waals surface area (Å²) in [6.07, 6.45) is 2.30. The summed E-state index contributed by atoms with van der Waals surface area (Å²) >= 11 is 0.782. The van der Waals surface area contributed by atoms with Crippen LogP contribution in [0.2, 0.25) is 0 Å². The summed E-state index contributed by atoms with van der Waals surface area (Å²) in [5.41, 5.74) is 11.1. The maximum atomic E-state index is 13.6. The number of amides is 3. The molecular formula is C23H33N5O4S. The molecule has 0 fully saturated rings. The number of rotatable bonds is 10. The molecule has 0 saturated heterocycles. The van der Waals surface area contributed by atoms with Gasteiger partial charge in [0.1, 0.15) is 16.7 Å². The van der Waals surface area contributed by atoms with E-state index in [1.807, 2.05) is 27.7 Å². The first kappa shape index (κ1) is 26.1. The molecule has 2 aromatic rings. The molecule has 0 aliphatic carbocycles. The van der Waals surface area contributed by atoms with Gasteiger partial charge in [-0.1, -0.05) is 20.3 Å². The van der Waals surface area contributed by atoms with Gasteiger partial charge in [0.2, 0.25) is 5.91 Å². The zero-order chi connectivity index (χ0) is 24.8. The van der Waals surface area contributed by atoms with Crippen molar-refractivity contribution in [3.8, 4) is 5.75 Å². The van der Waals surface area contributed by atoms with E-state index in [2.05, 4.69) is 16.6 Å². The lowest BCUT2D eigenvalue weighted by atomic mass is 10.1. The summed E-state index contributed by atoms with van der Waals surface area (Å²) in [6, 6.07) is 6.13. The van der Waals surface area contributed by atoms with Crippen molar-refractivity contribution in [3.63, 3.8) is 0 Å². The largest absolute Gasteiger partial charge is 0.494 e. The van der Waals surface area contributed by atoms with E-state index in [-0.39, 0.29) is 22.2 Å². The van der Waals surface area contributed by atoms with E-state index in [1.54, 1.807) is 24.3 Å². The van der Waals surface area contributed by atoms with Gasteiger partial charge in [0.15, 0.2) is 5.69 Å². The number of carbonyl (C=O) groups is 3. The van der Waals surface area contributed by atoms with Crippen molar-refractivity contribution in [2.45, 2.75) is 65.5 Å². The number of ether oxygens (including phenoxy) is 1. The maximum absolute atomic E-state index is 13.6. The van der Waals surface area contributed by atoms with Crippen LogP contribution in [0.1, 0.15) is 74.0 Å². The van der Waals surface area contributed by atoms with Gasteiger partial charge in [-0.05, 0) is 69.4 Å². The van der Waals surface area contributed by atoms with Gasteiger partial charge >= 0.3 is 0 Å². The quantitative estimate of drug-likeness (QED) is 0.450. The number of hydrogen-bond donors (Lipinski definition) is 3. The van der Waals surface area contributed by atoms with E-state index in [9.17, 15) is 14.4 Å². The van der Waals surface area contributed by atoms with E-state index < -0.39 is 23.4 Å². The number of primary amides is 1. The van der Waals surface area contributed by atoms with Crippen LogP contribution in [0.4, 0.5) is 11.4 Å². The van der Waals surface area contributed by atoms with Crippen LogP contribution in [0, 0.1) is 0 Å². The third-order valence-corrected chi connectivity index (χ3v) is 5.61. The van der Waals surface area contributed by atoms with E-state index >= 15 is 0 Å². The Morgan fingerprint density at radius 1 is 1.18 bits per heavy atom. The van der Waals surface area contributed by atoms with Crippen molar-refractivity contribution in [2.75, 3.05) is 17.2 Å². The number of anilines is 2. The van der Waals surface area contributed by atoms with Crippen molar-refractivity contribution in [3.05, 3.63) is 34.8 Å². The summed E-state index contributed by atoms with van der Waals surface area (Å²) in [7, 11) is 0. The molecule has 0 bridgehead atoms. The molecule has 10 heteroatoms. The van der Waals surface area contributed by atoms with Crippen molar-refractivity contribution in [2.24, 2.45) is 5.73 Å². The molecule has 9 nitrogen and oxygen atoms in total. The van der Waals surface area contributed by atoms with Crippen molar-refractivity contribution >= 4 is 40.6 Å². The number of nitrogens with one attached hydrogen (secondary N) is 1. The lowest BCUT2D eigenvalue weighted by molar-refractivity contribution is -0.123. The fourth-order valence-corrected chi connectivity index (χ4v) is 3.90. The normalized spacial score (nSPS) is 12.2. The SMILES string of the molecule is CCCCOc1ccc(N(C(=O)c2snc(C(N)=O)c2N)[C@@H](CC)C(=O)NC(C)(C)C)cc1. The maximum Gasteiger partial charge on any atom is 0.272 e. The second-order valence-electron chi connectivity index (χ2n) is 8.67. The highest BCUT2D eigenvalue weighted by Gasteiger charge is 2.35. The fraction of sp³-hybridized carbons (Fsp3) is 0.478. The van der Waals surface area contributed by atoms with Crippen LogP contribution in [0.15, 0.2) is 24.3 Å². The standard InChI is InChI=1S/C23H33N5O4S/c1-6-8-13-32-15-11-9-14(10-12-15)28(16(7-2)21(30)26-23(3,4)5)22(31)19-17(24)18(20(25)29)27-33-19/h9-12,16H,6-8,13,24H2,1-5H3,(H2,25,29)(H,26,30)/t16-/m0/s1. The number of hydrogen-bond acceptors (Lipinski definition) is 7. The lowest BCUT2D eigenvalue weighted by Crippen LogP contribution is -2.54. The first-order chi connectivity index (χ1) is 15.5. The van der Waals surface area contributed by atoms with Crippen LogP contribution in [0.25, 0.3) is 0 Å². The van der Waals surface area contributed by atoms with Gasteiger partial charge in [0.05, 0.1) is 12.3 Å². The second-order valence-corrected chi connectivity index (χ2v) is 9.45. The van der Waals surface area contributed by atoms with Crippen LogP contribution in [-0.2, 0) is 4.79 Å². The monoisotopic (exact) mass is 475 g/mol. The number of unbranched alkanes of at least 4 members (excludes halogenated alkanes) is 1. The minimum Gasteiger partial charge on any atom is -0.494 e. The van der Waals surface area contributed by atoms with Crippen LogP contribution in [0.3, 0.4) is 0 Å². The van der Waals surface area contributed by atoms with Gasteiger partial charge in [-0.2, -0.15) is 4.37 Å². The molecular weight excluding hydrogens is 442 g/mol. The van der Waals surface area contributed by atoms with Gasteiger partial charge < -0.3 is 21.5 Å². The summed E-state index contributed by atoms with van der Waals surface area (Å²) in [5.74, 6) is -0.992. The third kappa shape index (κ3) is 6.67. The first-order valence-corrected chi connectivity index (χ1v) is 11.7. The number of aromatic nitrogens is 1. The Hall–Kier alpha value is -3.14. The topological polar surface area (TPSA) is 141 Å². The Balaban J connectivity index is 2.48. The Bertz CT molecular complexity index is 982. The Kier molecular flexibility index (Phi) is 8.81. The second kappa shape index (κ2) is 11.1. The molecule has 0 radical (unpaired) electrons.